The van der Waals surface area contributed by atoms with E-state index in [1.165, 1.54) is 12.7 Å². The molecule has 24 heavy (non-hydrogen) atoms. The zero-order chi connectivity index (χ0) is 17.1. The summed E-state index contributed by atoms with van der Waals surface area (Å²) in [5, 5.41) is 0. The first-order valence-electron chi connectivity index (χ1n) is 8.70. The quantitative estimate of drug-likeness (QED) is 0.293. The first-order chi connectivity index (χ1) is 11.9. The van der Waals surface area contributed by atoms with Crippen LogP contribution in [0.4, 0.5) is 0 Å². The van der Waals surface area contributed by atoms with Crippen molar-refractivity contribution in [3.63, 3.8) is 0 Å². The molecule has 1 unspecified atom stereocenters. The van der Waals surface area contributed by atoms with E-state index >= 15 is 0 Å². The molecule has 0 amide bonds. The Morgan fingerprint density at radius 2 is 1.29 bits per heavy atom. The van der Waals surface area contributed by atoms with Gasteiger partial charge in [0.25, 0.3) is 0 Å². The molecule has 1 heterocycles. The molecule has 1 fully saturated rings. The van der Waals surface area contributed by atoms with Crippen LogP contribution in [0.25, 0.3) is 0 Å². The molecule has 0 radical (unpaired) electrons. The third kappa shape index (κ3) is 13.7. The Morgan fingerprint density at radius 3 is 1.79 bits per heavy atom. The number of hydrogen-bond acceptors (Lipinski definition) is 7. The summed E-state index contributed by atoms with van der Waals surface area (Å²) in [6, 6.07) is 0. The van der Waals surface area contributed by atoms with Crippen molar-refractivity contribution in [2.75, 3.05) is 72.7 Å². The SMILES string of the molecule is C=COCCOCCOCCOCCOCCOC1CCCCO1. The number of rotatable bonds is 17. The molecule has 0 bridgehead atoms. The highest BCUT2D eigenvalue weighted by atomic mass is 16.7. The van der Waals surface area contributed by atoms with Gasteiger partial charge in [0.15, 0.2) is 6.29 Å². The van der Waals surface area contributed by atoms with Crippen molar-refractivity contribution in [1.29, 1.82) is 0 Å². The molecule has 1 saturated heterocycles. The Bertz CT molecular complexity index is 270. The molecule has 1 aliphatic rings. The van der Waals surface area contributed by atoms with Crippen LogP contribution in [0.5, 0.6) is 0 Å². The highest BCUT2D eigenvalue weighted by Crippen LogP contribution is 2.13. The lowest BCUT2D eigenvalue weighted by molar-refractivity contribution is -0.169. The Kier molecular flexibility index (Phi) is 15.2. The first kappa shape index (κ1) is 21.3. The molecule has 0 aromatic carbocycles. The smallest absolute Gasteiger partial charge is 0.157 e. The third-order valence-corrected chi connectivity index (χ3v) is 3.25. The van der Waals surface area contributed by atoms with Gasteiger partial charge >= 0.3 is 0 Å². The molecule has 0 aromatic rings. The second-order valence-electron chi connectivity index (χ2n) is 5.15. The lowest BCUT2D eigenvalue weighted by atomic mass is 10.2. The lowest BCUT2D eigenvalue weighted by Gasteiger charge is -2.22. The van der Waals surface area contributed by atoms with Gasteiger partial charge < -0.3 is 33.2 Å². The van der Waals surface area contributed by atoms with E-state index in [2.05, 4.69) is 6.58 Å². The van der Waals surface area contributed by atoms with Crippen LogP contribution in [0.15, 0.2) is 12.8 Å². The van der Waals surface area contributed by atoms with E-state index in [-0.39, 0.29) is 6.29 Å². The van der Waals surface area contributed by atoms with Crippen LogP contribution in [0.2, 0.25) is 0 Å². The van der Waals surface area contributed by atoms with Crippen LogP contribution < -0.4 is 0 Å². The van der Waals surface area contributed by atoms with Crippen molar-refractivity contribution < 1.29 is 33.2 Å². The van der Waals surface area contributed by atoms with Crippen molar-refractivity contribution in [1.82, 2.24) is 0 Å². The Balaban J connectivity index is 1.66. The molecule has 0 saturated carbocycles. The number of hydrogen-bond donors (Lipinski definition) is 0. The standard InChI is InChI=1S/C17H32O7/c1-2-18-7-8-19-9-10-20-11-12-21-13-14-22-15-16-24-17-5-3-4-6-23-17/h2,17H,1,3-16H2. The van der Waals surface area contributed by atoms with Crippen LogP contribution in [0.1, 0.15) is 19.3 Å². The minimum Gasteiger partial charge on any atom is -0.499 e. The van der Waals surface area contributed by atoms with Gasteiger partial charge in [0, 0.05) is 6.61 Å². The van der Waals surface area contributed by atoms with Crippen molar-refractivity contribution in [2.45, 2.75) is 25.6 Å². The fraction of sp³-hybridized carbons (Fsp3) is 0.882. The summed E-state index contributed by atoms with van der Waals surface area (Å²) in [5.41, 5.74) is 0. The fourth-order valence-corrected chi connectivity index (χ4v) is 2.03. The molecule has 1 aliphatic heterocycles. The van der Waals surface area contributed by atoms with Gasteiger partial charge in [-0.05, 0) is 19.3 Å². The van der Waals surface area contributed by atoms with Crippen molar-refractivity contribution in [2.24, 2.45) is 0 Å². The van der Waals surface area contributed by atoms with E-state index < -0.39 is 0 Å². The fourth-order valence-electron chi connectivity index (χ4n) is 2.03. The van der Waals surface area contributed by atoms with Crippen LogP contribution in [0, 0.1) is 0 Å². The topological polar surface area (TPSA) is 64.6 Å². The highest BCUT2D eigenvalue weighted by molar-refractivity contribution is 4.53. The van der Waals surface area contributed by atoms with Crippen LogP contribution in [-0.2, 0) is 33.2 Å². The van der Waals surface area contributed by atoms with E-state index in [1.54, 1.807) is 0 Å². The summed E-state index contributed by atoms with van der Waals surface area (Å²) in [7, 11) is 0. The molecular weight excluding hydrogens is 316 g/mol. The van der Waals surface area contributed by atoms with Crippen LogP contribution in [-0.4, -0.2) is 79.0 Å². The van der Waals surface area contributed by atoms with Gasteiger partial charge in [-0.15, -0.1) is 0 Å². The van der Waals surface area contributed by atoms with E-state index in [9.17, 15) is 0 Å². The molecule has 142 valence electrons. The summed E-state index contributed by atoms with van der Waals surface area (Å²) in [5.74, 6) is 0. The highest BCUT2D eigenvalue weighted by Gasteiger charge is 2.13. The van der Waals surface area contributed by atoms with Crippen LogP contribution in [0.3, 0.4) is 0 Å². The molecule has 0 spiro atoms. The zero-order valence-electron chi connectivity index (χ0n) is 14.6. The van der Waals surface area contributed by atoms with Gasteiger partial charge in [0.05, 0.1) is 65.7 Å². The Labute approximate surface area is 145 Å². The zero-order valence-corrected chi connectivity index (χ0v) is 14.6. The maximum absolute atomic E-state index is 5.56. The normalized spacial score (nSPS) is 17.8. The predicted molar refractivity (Wildman–Crippen MR) is 89.0 cm³/mol. The monoisotopic (exact) mass is 348 g/mol. The maximum atomic E-state index is 5.56. The van der Waals surface area contributed by atoms with Gasteiger partial charge in [-0.3, -0.25) is 0 Å². The molecule has 1 rings (SSSR count). The third-order valence-electron chi connectivity index (χ3n) is 3.25. The van der Waals surface area contributed by atoms with E-state index in [4.69, 9.17) is 33.2 Å². The summed E-state index contributed by atoms with van der Waals surface area (Å²) in [6.45, 7) is 9.75. The van der Waals surface area contributed by atoms with Gasteiger partial charge in [-0.25, -0.2) is 0 Å². The minimum atomic E-state index is -0.0470. The summed E-state index contributed by atoms with van der Waals surface area (Å²) < 4.78 is 37.4. The van der Waals surface area contributed by atoms with Crippen molar-refractivity contribution in [3.8, 4) is 0 Å². The predicted octanol–water partition coefficient (Wildman–Crippen LogP) is 1.76. The summed E-state index contributed by atoms with van der Waals surface area (Å²) >= 11 is 0. The first-order valence-corrected chi connectivity index (χ1v) is 8.70. The molecular formula is C17H32O7. The van der Waals surface area contributed by atoms with Crippen molar-refractivity contribution >= 4 is 0 Å². The number of ether oxygens (including phenoxy) is 7. The van der Waals surface area contributed by atoms with Gasteiger partial charge in [-0.2, -0.15) is 0 Å². The van der Waals surface area contributed by atoms with Crippen molar-refractivity contribution in [3.05, 3.63) is 12.8 Å². The second-order valence-corrected chi connectivity index (χ2v) is 5.15. The maximum Gasteiger partial charge on any atom is 0.157 e. The molecule has 7 heteroatoms. The Morgan fingerprint density at radius 1 is 0.750 bits per heavy atom. The Hall–Kier alpha value is -0.700. The average molecular weight is 348 g/mol. The van der Waals surface area contributed by atoms with Gasteiger partial charge in [0.1, 0.15) is 6.61 Å². The molecule has 7 nitrogen and oxygen atoms in total. The minimum absolute atomic E-state index is 0.0470. The van der Waals surface area contributed by atoms with E-state index in [0.717, 1.165) is 19.4 Å². The van der Waals surface area contributed by atoms with E-state index in [1.807, 2.05) is 0 Å². The molecule has 1 atom stereocenters. The average Bonchev–Trinajstić information content (AvgIpc) is 2.62. The largest absolute Gasteiger partial charge is 0.499 e. The molecule has 0 N–H and O–H groups in total. The van der Waals surface area contributed by atoms with E-state index in [0.29, 0.717) is 66.1 Å². The van der Waals surface area contributed by atoms with Gasteiger partial charge in [0.2, 0.25) is 0 Å². The van der Waals surface area contributed by atoms with Crippen LogP contribution >= 0.6 is 0 Å². The molecule has 0 aromatic heterocycles. The second kappa shape index (κ2) is 17.1. The van der Waals surface area contributed by atoms with Gasteiger partial charge in [-0.1, -0.05) is 6.58 Å². The molecule has 0 aliphatic carbocycles. The summed E-state index contributed by atoms with van der Waals surface area (Å²) in [6.07, 6.45) is 4.65. The summed E-state index contributed by atoms with van der Waals surface area (Å²) in [4.78, 5) is 0. The lowest BCUT2D eigenvalue weighted by Crippen LogP contribution is -2.24.